The number of nitro groups is 1. The van der Waals surface area contributed by atoms with E-state index in [0.717, 1.165) is 6.07 Å². The van der Waals surface area contributed by atoms with Gasteiger partial charge >= 0.3 is 12.1 Å². The minimum Gasteiger partial charge on any atom is -0.484 e. The molecule has 0 aliphatic rings. The maximum Gasteiger partial charge on any atom is 0.422 e. The normalized spacial score (nSPS) is 11.7. The van der Waals surface area contributed by atoms with Crippen LogP contribution in [0.15, 0.2) is 53.7 Å². The molecule has 0 heterocycles. The fraction of sp³-hybridized carbons (Fsp3) is 0.125. The SMILES string of the molecule is N/C(=N\OC(=O)c1cccc(OCC(F)(F)F)c1)c1ccc([N+](=O)[O-])cc1. The third-order valence-electron chi connectivity index (χ3n) is 3.07. The van der Waals surface area contributed by atoms with Crippen molar-refractivity contribution in [2.45, 2.75) is 6.18 Å². The van der Waals surface area contributed by atoms with Crippen LogP contribution in [0.5, 0.6) is 5.75 Å². The van der Waals surface area contributed by atoms with E-state index in [-0.39, 0.29) is 28.4 Å². The summed E-state index contributed by atoms with van der Waals surface area (Å²) < 4.78 is 41.0. The number of amidine groups is 1. The fourth-order valence-electron chi connectivity index (χ4n) is 1.83. The Bertz CT molecular complexity index is 866. The molecule has 0 unspecified atom stereocenters. The van der Waals surface area contributed by atoms with Crippen molar-refractivity contribution in [1.82, 2.24) is 0 Å². The fourth-order valence-corrected chi connectivity index (χ4v) is 1.83. The molecular formula is C16H12F3N3O5. The van der Waals surface area contributed by atoms with E-state index in [4.69, 9.17) is 5.73 Å². The number of rotatable bonds is 6. The average Bonchev–Trinajstić information content (AvgIpc) is 2.64. The molecule has 0 spiro atoms. The number of nitro benzene ring substituents is 1. The lowest BCUT2D eigenvalue weighted by molar-refractivity contribution is -0.384. The number of nitrogens with two attached hydrogens (primary N) is 1. The molecule has 2 N–H and O–H groups in total. The van der Waals surface area contributed by atoms with Crippen LogP contribution in [0.1, 0.15) is 15.9 Å². The van der Waals surface area contributed by atoms with Crippen molar-refractivity contribution < 1.29 is 32.5 Å². The summed E-state index contributed by atoms with van der Waals surface area (Å²) >= 11 is 0. The number of halogens is 3. The second-order valence-electron chi connectivity index (χ2n) is 5.09. The van der Waals surface area contributed by atoms with E-state index in [9.17, 15) is 28.1 Å². The number of hydrogen-bond acceptors (Lipinski definition) is 6. The molecule has 2 aromatic rings. The standard InChI is InChI=1S/C16H12F3N3O5/c17-16(18,19)9-26-13-3-1-2-11(8-13)15(23)27-21-14(20)10-4-6-12(7-5-10)22(24)25/h1-8H,9H2,(H2,20,21). The molecule has 0 aromatic heterocycles. The van der Waals surface area contributed by atoms with Gasteiger partial charge in [0.2, 0.25) is 0 Å². The Kier molecular flexibility index (Phi) is 5.96. The predicted molar refractivity (Wildman–Crippen MR) is 87.2 cm³/mol. The van der Waals surface area contributed by atoms with E-state index in [0.29, 0.717) is 0 Å². The molecule has 0 radical (unpaired) electrons. The molecule has 0 atom stereocenters. The summed E-state index contributed by atoms with van der Waals surface area (Å²) in [6.45, 7) is -1.50. The molecule has 0 aliphatic carbocycles. The maximum absolute atomic E-state index is 12.2. The first-order chi connectivity index (χ1) is 12.7. The van der Waals surface area contributed by atoms with Crippen LogP contribution in [0.25, 0.3) is 0 Å². The number of oxime groups is 1. The van der Waals surface area contributed by atoms with E-state index in [2.05, 4.69) is 14.7 Å². The van der Waals surface area contributed by atoms with Gasteiger partial charge in [-0.3, -0.25) is 10.1 Å². The predicted octanol–water partition coefficient (Wildman–Crippen LogP) is 3.01. The summed E-state index contributed by atoms with van der Waals surface area (Å²) in [6.07, 6.45) is -4.51. The molecule has 0 saturated carbocycles. The van der Waals surface area contributed by atoms with Crippen LogP contribution in [0.3, 0.4) is 0 Å². The highest BCUT2D eigenvalue weighted by Crippen LogP contribution is 2.20. The van der Waals surface area contributed by atoms with Gasteiger partial charge in [0.15, 0.2) is 12.4 Å². The quantitative estimate of drug-likeness (QED) is 0.269. The topological polar surface area (TPSA) is 117 Å². The van der Waals surface area contributed by atoms with Crippen LogP contribution in [0.2, 0.25) is 0 Å². The van der Waals surface area contributed by atoms with E-state index in [1.807, 2.05) is 0 Å². The second-order valence-corrected chi connectivity index (χ2v) is 5.09. The lowest BCUT2D eigenvalue weighted by atomic mass is 10.2. The molecule has 2 aromatic carbocycles. The van der Waals surface area contributed by atoms with Crippen molar-refractivity contribution in [3.05, 3.63) is 69.8 Å². The Hall–Kier alpha value is -3.63. The molecule has 0 bridgehead atoms. The molecule has 8 nitrogen and oxygen atoms in total. The molecule has 142 valence electrons. The van der Waals surface area contributed by atoms with Crippen LogP contribution in [0.4, 0.5) is 18.9 Å². The summed E-state index contributed by atoms with van der Waals surface area (Å²) in [6, 6.07) is 9.93. The average molecular weight is 383 g/mol. The van der Waals surface area contributed by atoms with E-state index >= 15 is 0 Å². The number of alkyl halides is 3. The van der Waals surface area contributed by atoms with Crippen molar-refractivity contribution in [1.29, 1.82) is 0 Å². The zero-order valence-electron chi connectivity index (χ0n) is 13.5. The monoisotopic (exact) mass is 383 g/mol. The molecule has 11 heteroatoms. The van der Waals surface area contributed by atoms with Gasteiger partial charge in [0.25, 0.3) is 5.69 Å². The third-order valence-corrected chi connectivity index (χ3v) is 3.07. The summed E-state index contributed by atoms with van der Waals surface area (Å²) in [4.78, 5) is 26.6. The first-order valence-electron chi connectivity index (χ1n) is 7.25. The largest absolute Gasteiger partial charge is 0.484 e. The summed E-state index contributed by atoms with van der Waals surface area (Å²) in [7, 11) is 0. The van der Waals surface area contributed by atoms with Crippen molar-refractivity contribution in [2.75, 3.05) is 6.61 Å². The number of non-ortho nitro benzene ring substituents is 1. The van der Waals surface area contributed by atoms with Gasteiger partial charge < -0.3 is 15.3 Å². The lowest BCUT2D eigenvalue weighted by Gasteiger charge is -2.09. The Morgan fingerprint density at radius 3 is 2.41 bits per heavy atom. The van der Waals surface area contributed by atoms with Crippen molar-refractivity contribution >= 4 is 17.5 Å². The van der Waals surface area contributed by atoms with Gasteiger partial charge in [0.1, 0.15) is 5.75 Å². The second kappa shape index (κ2) is 8.17. The van der Waals surface area contributed by atoms with Gasteiger partial charge in [-0.2, -0.15) is 13.2 Å². The van der Waals surface area contributed by atoms with E-state index in [1.54, 1.807) is 0 Å². The molecule has 0 aliphatic heterocycles. The Labute approximate surface area is 150 Å². The number of carbonyl (C=O) groups is 1. The van der Waals surface area contributed by atoms with Gasteiger partial charge in [-0.1, -0.05) is 11.2 Å². The minimum absolute atomic E-state index is 0.102. The summed E-state index contributed by atoms with van der Waals surface area (Å²) in [5, 5.41) is 14.0. The number of benzene rings is 2. The van der Waals surface area contributed by atoms with Crippen LogP contribution >= 0.6 is 0 Å². The smallest absolute Gasteiger partial charge is 0.422 e. The highest BCUT2D eigenvalue weighted by molar-refractivity contribution is 5.98. The van der Waals surface area contributed by atoms with Gasteiger partial charge in [0, 0.05) is 17.7 Å². The molecular weight excluding hydrogens is 371 g/mol. The van der Waals surface area contributed by atoms with E-state index < -0.39 is 23.7 Å². The first kappa shape index (κ1) is 19.7. The third kappa shape index (κ3) is 5.99. The molecule has 0 saturated heterocycles. The summed E-state index contributed by atoms with van der Waals surface area (Å²) in [5.74, 6) is -1.37. The Morgan fingerprint density at radius 2 is 1.81 bits per heavy atom. The summed E-state index contributed by atoms with van der Waals surface area (Å²) in [5.41, 5.74) is 5.64. The zero-order chi connectivity index (χ0) is 20.0. The van der Waals surface area contributed by atoms with Crippen LogP contribution < -0.4 is 10.5 Å². The Morgan fingerprint density at radius 1 is 1.15 bits per heavy atom. The number of carbonyl (C=O) groups excluding carboxylic acids is 1. The first-order valence-corrected chi connectivity index (χ1v) is 7.25. The van der Waals surface area contributed by atoms with Crippen LogP contribution in [0, 0.1) is 10.1 Å². The minimum atomic E-state index is -4.51. The van der Waals surface area contributed by atoms with Crippen molar-refractivity contribution in [2.24, 2.45) is 10.9 Å². The Balaban J connectivity index is 2.03. The number of ether oxygens (including phenoxy) is 1. The molecule has 27 heavy (non-hydrogen) atoms. The van der Waals surface area contributed by atoms with E-state index in [1.165, 1.54) is 42.5 Å². The highest BCUT2D eigenvalue weighted by Gasteiger charge is 2.28. The lowest BCUT2D eigenvalue weighted by Crippen LogP contribution is -2.19. The molecule has 2 rings (SSSR count). The number of hydrogen-bond donors (Lipinski definition) is 1. The van der Waals surface area contributed by atoms with Gasteiger partial charge in [-0.15, -0.1) is 0 Å². The molecule has 0 amide bonds. The van der Waals surface area contributed by atoms with Crippen molar-refractivity contribution in [3.63, 3.8) is 0 Å². The number of nitrogens with zero attached hydrogens (tertiary/aromatic N) is 2. The van der Waals surface area contributed by atoms with Gasteiger partial charge in [-0.25, -0.2) is 4.79 Å². The highest BCUT2D eigenvalue weighted by atomic mass is 19.4. The van der Waals surface area contributed by atoms with Gasteiger partial charge in [0.05, 0.1) is 10.5 Å². The molecule has 0 fully saturated rings. The van der Waals surface area contributed by atoms with Gasteiger partial charge in [-0.05, 0) is 30.3 Å². The van der Waals surface area contributed by atoms with Crippen LogP contribution in [-0.4, -0.2) is 29.5 Å². The van der Waals surface area contributed by atoms with Crippen LogP contribution in [-0.2, 0) is 4.84 Å². The van der Waals surface area contributed by atoms with Crippen molar-refractivity contribution in [3.8, 4) is 5.75 Å². The zero-order valence-corrected chi connectivity index (χ0v) is 13.5. The maximum atomic E-state index is 12.2.